The van der Waals surface area contributed by atoms with Gasteiger partial charge in [0.05, 0.1) is 19.8 Å². The average Bonchev–Trinajstić information content (AvgIpc) is 2.35. The molecule has 0 saturated heterocycles. The fraction of sp³-hybridized carbons (Fsp3) is 0.700. The molecule has 4 N–H and O–H groups in total. The van der Waals surface area contributed by atoms with Crippen molar-refractivity contribution in [3.63, 3.8) is 0 Å². The molecule has 94 valence electrons. The molecule has 0 aliphatic heterocycles. The molecule has 0 rings (SSSR count). The summed E-state index contributed by atoms with van der Waals surface area (Å²) in [6, 6.07) is 0. The molecule has 0 aliphatic carbocycles. The van der Waals surface area contributed by atoms with Gasteiger partial charge in [0.25, 0.3) is 0 Å². The Hall–Kier alpha value is -0.950. The largest absolute Gasteiger partial charge is 0.396 e. The molecule has 6 heteroatoms. The van der Waals surface area contributed by atoms with Crippen molar-refractivity contribution >= 4 is 5.91 Å². The Morgan fingerprint density at radius 2 is 1.69 bits per heavy atom. The normalized spacial score (nSPS) is 11.2. The second kappa shape index (κ2) is 7.34. The summed E-state index contributed by atoms with van der Waals surface area (Å²) in [6.45, 7) is 1.78. The number of hydrogen-bond donors (Lipinski definition) is 4. The molecule has 0 fully saturated rings. The van der Waals surface area contributed by atoms with Crippen LogP contribution in [0.15, 0.2) is 12.7 Å². The van der Waals surface area contributed by atoms with E-state index in [2.05, 4.69) is 6.58 Å². The fourth-order valence-electron chi connectivity index (χ4n) is 1.14. The molecule has 0 spiro atoms. The van der Waals surface area contributed by atoms with Crippen LogP contribution in [-0.4, -0.2) is 64.3 Å². The minimum atomic E-state index is -1.03. The lowest BCUT2D eigenvalue weighted by Gasteiger charge is -2.29. The highest BCUT2D eigenvalue weighted by atomic mass is 16.3. The van der Waals surface area contributed by atoms with Gasteiger partial charge in [-0.2, -0.15) is 0 Å². The van der Waals surface area contributed by atoms with E-state index in [-0.39, 0.29) is 32.8 Å². The van der Waals surface area contributed by atoms with Crippen LogP contribution in [0.1, 0.15) is 6.42 Å². The van der Waals surface area contributed by atoms with Crippen LogP contribution in [0.2, 0.25) is 0 Å². The number of aliphatic hydroxyl groups is 4. The summed E-state index contributed by atoms with van der Waals surface area (Å²) < 4.78 is 0. The van der Waals surface area contributed by atoms with Crippen LogP contribution in [0, 0.1) is 5.41 Å². The van der Waals surface area contributed by atoms with E-state index in [4.69, 9.17) is 20.4 Å². The minimum absolute atomic E-state index is 0.128. The second-order valence-corrected chi connectivity index (χ2v) is 3.67. The highest BCUT2D eigenvalue weighted by Gasteiger charge is 2.28. The zero-order chi connectivity index (χ0) is 12.6. The Bertz CT molecular complexity index is 219. The van der Waals surface area contributed by atoms with Gasteiger partial charge in [0.1, 0.15) is 6.73 Å². The van der Waals surface area contributed by atoms with Gasteiger partial charge in [-0.25, -0.2) is 0 Å². The van der Waals surface area contributed by atoms with Crippen LogP contribution < -0.4 is 0 Å². The molecule has 6 nitrogen and oxygen atoms in total. The number of carbonyl (C=O) groups is 1. The van der Waals surface area contributed by atoms with Crippen LogP contribution in [0.25, 0.3) is 0 Å². The molecular formula is C10H19NO5. The van der Waals surface area contributed by atoms with E-state index in [1.54, 1.807) is 0 Å². The van der Waals surface area contributed by atoms with E-state index < -0.39 is 18.1 Å². The zero-order valence-electron chi connectivity index (χ0n) is 9.17. The summed E-state index contributed by atoms with van der Waals surface area (Å²) in [5, 5.41) is 36.1. The van der Waals surface area contributed by atoms with Gasteiger partial charge in [-0.15, -0.1) is 0 Å². The highest BCUT2D eigenvalue weighted by molar-refractivity contribution is 5.86. The minimum Gasteiger partial charge on any atom is -0.396 e. The number of carbonyl (C=O) groups excluding carboxylic acids is 1. The first-order valence-corrected chi connectivity index (χ1v) is 4.94. The lowest BCUT2D eigenvalue weighted by atomic mass is 9.87. The molecule has 0 saturated carbocycles. The lowest BCUT2D eigenvalue weighted by molar-refractivity contribution is -0.130. The number of rotatable bonds is 8. The molecule has 0 aromatic heterocycles. The zero-order valence-corrected chi connectivity index (χ0v) is 9.17. The van der Waals surface area contributed by atoms with Crippen molar-refractivity contribution in [2.75, 3.05) is 33.1 Å². The van der Waals surface area contributed by atoms with Crippen LogP contribution in [0.5, 0.6) is 0 Å². The van der Waals surface area contributed by atoms with Crippen LogP contribution in [0.4, 0.5) is 0 Å². The molecule has 0 heterocycles. The number of hydrogen-bond acceptors (Lipinski definition) is 5. The second-order valence-electron chi connectivity index (χ2n) is 3.67. The summed E-state index contributed by atoms with van der Waals surface area (Å²) in [7, 11) is 0. The molecule has 16 heavy (non-hydrogen) atoms. The quantitative estimate of drug-likeness (QED) is 0.296. The van der Waals surface area contributed by atoms with Crippen molar-refractivity contribution in [2.24, 2.45) is 5.41 Å². The molecule has 0 atom stereocenters. The van der Waals surface area contributed by atoms with Gasteiger partial charge in [0.15, 0.2) is 0 Å². The smallest absolute Gasteiger partial charge is 0.247 e. The Balaban J connectivity index is 4.37. The third-order valence-electron chi connectivity index (χ3n) is 2.58. The van der Waals surface area contributed by atoms with Crippen molar-refractivity contribution < 1.29 is 25.2 Å². The van der Waals surface area contributed by atoms with E-state index in [1.165, 1.54) is 0 Å². The summed E-state index contributed by atoms with van der Waals surface area (Å²) in [4.78, 5) is 12.3. The Kier molecular flexibility index (Phi) is 6.91. The van der Waals surface area contributed by atoms with Crippen molar-refractivity contribution in [1.29, 1.82) is 0 Å². The van der Waals surface area contributed by atoms with E-state index in [0.717, 1.165) is 11.0 Å². The maximum Gasteiger partial charge on any atom is 0.247 e. The molecular weight excluding hydrogens is 214 g/mol. The Labute approximate surface area is 94.4 Å². The summed E-state index contributed by atoms with van der Waals surface area (Å²) in [5.41, 5.74) is -1.03. The predicted molar refractivity (Wildman–Crippen MR) is 57.3 cm³/mol. The molecule has 0 unspecified atom stereocenters. The van der Waals surface area contributed by atoms with Gasteiger partial charge in [-0.1, -0.05) is 6.58 Å². The SMILES string of the molecule is C=CC(=O)N(CO)CCC(CO)(CO)CO. The number of amides is 1. The third kappa shape index (κ3) is 3.90. The van der Waals surface area contributed by atoms with Crippen LogP contribution in [0.3, 0.4) is 0 Å². The van der Waals surface area contributed by atoms with Crippen molar-refractivity contribution in [2.45, 2.75) is 6.42 Å². The fourth-order valence-corrected chi connectivity index (χ4v) is 1.14. The summed E-state index contributed by atoms with van der Waals surface area (Å²) in [5.74, 6) is -0.440. The Morgan fingerprint density at radius 1 is 1.19 bits per heavy atom. The van der Waals surface area contributed by atoms with E-state index >= 15 is 0 Å². The maximum absolute atomic E-state index is 11.2. The van der Waals surface area contributed by atoms with Gasteiger partial charge in [-0.05, 0) is 12.5 Å². The first-order valence-electron chi connectivity index (χ1n) is 4.94. The standard InChI is InChI=1S/C10H19NO5/c1-2-9(16)11(8-15)4-3-10(5-12,6-13)7-14/h2,12-15H,1,3-8H2. The van der Waals surface area contributed by atoms with Crippen molar-refractivity contribution in [1.82, 2.24) is 4.90 Å². The van der Waals surface area contributed by atoms with E-state index in [1.807, 2.05) is 0 Å². The molecule has 0 aliphatic rings. The Morgan fingerprint density at radius 3 is 2.00 bits per heavy atom. The number of aliphatic hydroxyl groups excluding tert-OH is 4. The van der Waals surface area contributed by atoms with Crippen molar-refractivity contribution in [3.8, 4) is 0 Å². The van der Waals surface area contributed by atoms with E-state index in [9.17, 15) is 4.79 Å². The highest BCUT2D eigenvalue weighted by Crippen LogP contribution is 2.20. The molecule has 1 amide bonds. The first-order chi connectivity index (χ1) is 7.59. The molecule has 0 bridgehead atoms. The predicted octanol–water partition coefficient (Wildman–Crippen LogP) is -1.70. The lowest BCUT2D eigenvalue weighted by Crippen LogP contribution is -2.40. The van der Waals surface area contributed by atoms with Gasteiger partial charge < -0.3 is 25.3 Å². The van der Waals surface area contributed by atoms with Crippen LogP contribution in [-0.2, 0) is 4.79 Å². The van der Waals surface area contributed by atoms with Gasteiger partial charge >= 0.3 is 0 Å². The van der Waals surface area contributed by atoms with Crippen LogP contribution >= 0.6 is 0 Å². The van der Waals surface area contributed by atoms with Gasteiger partial charge in [-0.3, -0.25) is 4.79 Å². The monoisotopic (exact) mass is 233 g/mol. The summed E-state index contributed by atoms with van der Waals surface area (Å²) in [6.07, 6.45) is 1.26. The van der Waals surface area contributed by atoms with E-state index in [0.29, 0.717) is 0 Å². The number of nitrogens with zero attached hydrogens (tertiary/aromatic N) is 1. The maximum atomic E-state index is 11.2. The molecule has 0 radical (unpaired) electrons. The van der Waals surface area contributed by atoms with Gasteiger partial charge in [0.2, 0.25) is 5.91 Å². The third-order valence-corrected chi connectivity index (χ3v) is 2.58. The average molecular weight is 233 g/mol. The molecule has 0 aromatic rings. The van der Waals surface area contributed by atoms with Gasteiger partial charge in [0, 0.05) is 12.0 Å². The van der Waals surface area contributed by atoms with Crippen molar-refractivity contribution in [3.05, 3.63) is 12.7 Å². The molecule has 0 aromatic carbocycles. The summed E-state index contributed by atoms with van der Waals surface area (Å²) >= 11 is 0. The first kappa shape index (κ1) is 15.0. The topological polar surface area (TPSA) is 101 Å².